The Balaban J connectivity index is 1.34. The van der Waals surface area contributed by atoms with Crippen molar-refractivity contribution in [2.75, 3.05) is 19.6 Å². The van der Waals surface area contributed by atoms with Crippen LogP contribution in [0.3, 0.4) is 0 Å². The van der Waals surface area contributed by atoms with Gasteiger partial charge in [-0.05, 0) is 24.1 Å². The van der Waals surface area contributed by atoms with Crippen molar-refractivity contribution in [1.29, 1.82) is 0 Å². The molecule has 5 rings (SSSR count). The van der Waals surface area contributed by atoms with Crippen LogP contribution in [0, 0.1) is 11.6 Å². The number of phenolic OH excluding ortho intramolecular Hbond substituents is 2. The van der Waals surface area contributed by atoms with Crippen LogP contribution >= 0.6 is 22.9 Å². The molecule has 0 bridgehead atoms. The van der Waals surface area contributed by atoms with E-state index in [1.807, 2.05) is 0 Å². The zero-order valence-corrected chi connectivity index (χ0v) is 26.8. The largest absolute Gasteiger partial charge is 0.547 e. The van der Waals surface area contributed by atoms with Crippen molar-refractivity contribution >= 4 is 65.7 Å². The van der Waals surface area contributed by atoms with Gasteiger partial charge < -0.3 is 45.8 Å². The van der Waals surface area contributed by atoms with Gasteiger partial charge in [-0.15, -0.1) is 11.3 Å². The molecule has 22 heteroatoms. The van der Waals surface area contributed by atoms with E-state index in [-0.39, 0.29) is 25.1 Å². The van der Waals surface area contributed by atoms with E-state index in [1.165, 1.54) is 17.5 Å². The van der Waals surface area contributed by atoms with Gasteiger partial charge in [0.15, 0.2) is 17.3 Å². The molecule has 6 amide bonds. The SMILES string of the molecule is O=C(CN1CCN(C(=O)NC(C(=O)NC2Cc3ccc(F)c(C(=O)O)c3OB2O)c2cc(F)c(O)c(O)c2Cl)C(=O)C1=O)NCc1nccs1. The summed E-state index contributed by atoms with van der Waals surface area (Å²) in [6.07, 6.45) is 1.20. The minimum atomic E-state index is -2.08. The predicted octanol–water partition coefficient (Wildman–Crippen LogP) is 0.0616. The maximum absolute atomic E-state index is 14.6. The molecule has 0 aliphatic carbocycles. The summed E-state index contributed by atoms with van der Waals surface area (Å²) in [5.74, 6) is -13.2. The maximum atomic E-state index is 14.6. The monoisotopic (exact) mass is 736 g/mol. The van der Waals surface area contributed by atoms with Gasteiger partial charge in [-0.2, -0.15) is 0 Å². The molecule has 2 aromatic carbocycles. The second-order valence-corrected chi connectivity index (χ2v) is 12.1. The van der Waals surface area contributed by atoms with Crippen LogP contribution in [-0.2, 0) is 32.1 Å². The fraction of sp³-hybridized carbons (Fsp3) is 0.250. The van der Waals surface area contributed by atoms with Crippen molar-refractivity contribution in [3.8, 4) is 17.2 Å². The summed E-state index contributed by atoms with van der Waals surface area (Å²) < 4.78 is 33.9. The van der Waals surface area contributed by atoms with Crippen molar-refractivity contribution in [1.82, 2.24) is 30.7 Å². The molecule has 0 saturated carbocycles. The summed E-state index contributed by atoms with van der Waals surface area (Å²) >= 11 is 7.39. The molecule has 0 radical (unpaired) electrons. The second kappa shape index (κ2) is 14.5. The summed E-state index contributed by atoms with van der Waals surface area (Å²) in [7, 11) is -1.98. The second-order valence-electron chi connectivity index (χ2n) is 10.8. The number of hydrogen-bond acceptors (Lipinski definition) is 12. The number of carbonyl (C=O) groups is 6. The van der Waals surface area contributed by atoms with E-state index in [2.05, 4.69) is 20.9 Å². The van der Waals surface area contributed by atoms with Crippen LogP contribution in [0.4, 0.5) is 13.6 Å². The first kappa shape index (κ1) is 35.8. The average molecular weight is 737 g/mol. The number of nitrogens with one attached hydrogen (secondary N) is 3. The summed E-state index contributed by atoms with van der Waals surface area (Å²) in [5.41, 5.74) is -1.44. The van der Waals surface area contributed by atoms with Crippen molar-refractivity contribution in [3.05, 3.63) is 68.1 Å². The number of rotatable bonds is 9. The number of aromatic carboxylic acids is 1. The molecule has 262 valence electrons. The Bertz CT molecular complexity index is 1910. The van der Waals surface area contributed by atoms with E-state index in [0.29, 0.717) is 16.0 Å². The highest BCUT2D eigenvalue weighted by molar-refractivity contribution is 7.09. The first-order valence-electron chi connectivity index (χ1n) is 14.3. The van der Waals surface area contributed by atoms with Gasteiger partial charge in [-0.3, -0.25) is 24.1 Å². The molecule has 7 N–H and O–H groups in total. The van der Waals surface area contributed by atoms with Crippen LogP contribution in [0.15, 0.2) is 29.8 Å². The summed E-state index contributed by atoms with van der Waals surface area (Å²) in [5, 5.41) is 48.4. The number of carboxylic acids is 1. The molecule has 0 spiro atoms. The number of aromatic hydroxyl groups is 2. The number of amides is 6. The van der Waals surface area contributed by atoms with Crippen LogP contribution < -0.4 is 20.6 Å². The number of urea groups is 1. The van der Waals surface area contributed by atoms with Crippen LogP contribution in [0.5, 0.6) is 17.2 Å². The Labute approximate surface area is 288 Å². The third kappa shape index (κ3) is 7.23. The number of imide groups is 1. The third-order valence-corrected chi connectivity index (χ3v) is 8.77. The zero-order chi connectivity index (χ0) is 36.4. The van der Waals surface area contributed by atoms with Gasteiger partial charge >= 0.3 is 30.9 Å². The highest BCUT2D eigenvalue weighted by Gasteiger charge is 2.42. The molecular weight excluding hydrogens is 713 g/mol. The van der Waals surface area contributed by atoms with Crippen LogP contribution in [0.1, 0.15) is 32.5 Å². The van der Waals surface area contributed by atoms with Gasteiger partial charge in [-0.1, -0.05) is 17.7 Å². The van der Waals surface area contributed by atoms with Crippen LogP contribution in [0.25, 0.3) is 0 Å². The lowest BCUT2D eigenvalue weighted by Crippen LogP contribution is -2.61. The van der Waals surface area contributed by atoms with E-state index in [1.54, 1.807) is 5.38 Å². The standard InChI is InChI=1S/C28H24BClF2N6O11S/c30-19-12(8-14(32)21(40)22(19)41)20(24(42)35-15-7-11-1-2-13(31)18(27(45)46)23(11)49-29(15)48)36-28(47)38-5-4-37(25(43)26(38)44)10-16(39)34-9-17-33-3-6-50-17/h1-3,6,8,15,20,40-41,48H,4-5,7,9-10H2,(H,34,39)(H,35,42)(H,36,47)(H,45,46). The lowest BCUT2D eigenvalue weighted by molar-refractivity contribution is -0.154. The summed E-state index contributed by atoms with van der Waals surface area (Å²) in [4.78, 5) is 82.0. The molecule has 1 fully saturated rings. The van der Waals surface area contributed by atoms with Crippen molar-refractivity contribution in [3.63, 3.8) is 0 Å². The topological polar surface area (TPSA) is 248 Å². The highest BCUT2D eigenvalue weighted by Crippen LogP contribution is 2.40. The van der Waals surface area contributed by atoms with Crippen molar-refractivity contribution < 1.29 is 62.5 Å². The summed E-state index contributed by atoms with van der Waals surface area (Å²) in [6.45, 7) is -1.19. The number of hydrogen-bond donors (Lipinski definition) is 7. The third-order valence-electron chi connectivity index (χ3n) is 7.60. The van der Waals surface area contributed by atoms with Crippen LogP contribution in [-0.4, -0.2) is 103 Å². The molecule has 3 heterocycles. The van der Waals surface area contributed by atoms with E-state index in [9.17, 15) is 57.9 Å². The quantitative estimate of drug-likeness (QED) is 0.0876. The van der Waals surface area contributed by atoms with Gasteiger partial charge in [0.2, 0.25) is 11.8 Å². The number of aromatic nitrogens is 1. The minimum Gasteiger partial charge on any atom is -0.534 e. The Kier molecular flexibility index (Phi) is 10.4. The Morgan fingerprint density at radius 2 is 1.86 bits per heavy atom. The molecule has 1 saturated heterocycles. The molecule has 2 unspecified atom stereocenters. The molecular formula is C28H24BClF2N6O11S. The number of nitrogens with zero attached hydrogens (tertiary/aromatic N) is 3. The Morgan fingerprint density at radius 3 is 2.54 bits per heavy atom. The number of halogens is 3. The molecule has 2 aliphatic rings. The Hall–Kier alpha value is -5.54. The fourth-order valence-electron chi connectivity index (χ4n) is 5.11. The van der Waals surface area contributed by atoms with Crippen molar-refractivity contribution in [2.45, 2.75) is 24.9 Å². The smallest absolute Gasteiger partial charge is 0.534 e. The highest BCUT2D eigenvalue weighted by atomic mass is 35.5. The number of benzene rings is 2. The maximum Gasteiger partial charge on any atom is 0.547 e. The average Bonchev–Trinajstić information content (AvgIpc) is 3.60. The molecule has 50 heavy (non-hydrogen) atoms. The first-order valence-corrected chi connectivity index (χ1v) is 15.6. The van der Waals surface area contributed by atoms with Gasteiger partial charge in [0, 0.05) is 30.2 Å². The summed E-state index contributed by atoms with van der Waals surface area (Å²) in [6, 6.07) is -0.960. The fourth-order valence-corrected chi connectivity index (χ4v) is 5.92. The molecule has 3 aromatic rings. The van der Waals surface area contributed by atoms with E-state index >= 15 is 0 Å². The van der Waals surface area contributed by atoms with Gasteiger partial charge in [-0.25, -0.2) is 23.4 Å². The lowest BCUT2D eigenvalue weighted by Gasteiger charge is -2.33. The lowest BCUT2D eigenvalue weighted by atomic mass is 9.72. The number of carboxylic acid groups (broad SMARTS) is 1. The molecule has 1 aromatic heterocycles. The Morgan fingerprint density at radius 1 is 1.12 bits per heavy atom. The predicted molar refractivity (Wildman–Crippen MR) is 166 cm³/mol. The molecule has 2 aliphatic heterocycles. The first-order chi connectivity index (χ1) is 23.7. The van der Waals surface area contributed by atoms with E-state index in [4.69, 9.17) is 16.3 Å². The zero-order valence-electron chi connectivity index (χ0n) is 25.2. The molecule has 2 atom stereocenters. The molecule has 17 nitrogen and oxygen atoms in total. The van der Waals surface area contributed by atoms with Gasteiger partial charge in [0.25, 0.3) is 0 Å². The minimum absolute atomic E-state index is 0.0604. The van der Waals surface area contributed by atoms with Crippen molar-refractivity contribution in [2.24, 2.45) is 0 Å². The number of piperazine rings is 1. The van der Waals surface area contributed by atoms with Gasteiger partial charge in [0.1, 0.15) is 34.7 Å². The van der Waals surface area contributed by atoms with Crippen LogP contribution in [0.2, 0.25) is 5.02 Å². The van der Waals surface area contributed by atoms with E-state index in [0.717, 1.165) is 17.0 Å². The normalized spacial score (nSPS) is 16.3. The number of phenols is 2. The number of fused-ring (bicyclic) bond motifs is 1. The van der Waals surface area contributed by atoms with Gasteiger partial charge in [0.05, 0.1) is 17.5 Å². The van der Waals surface area contributed by atoms with E-state index < -0.39 is 113 Å². The number of carbonyl (C=O) groups excluding carboxylic acids is 5. The number of thiazole rings is 1.